The van der Waals surface area contributed by atoms with Crippen molar-refractivity contribution in [2.45, 2.75) is 12.7 Å². The summed E-state index contributed by atoms with van der Waals surface area (Å²) in [6.45, 7) is 0.463. The number of rotatable bonds is 5. The van der Waals surface area contributed by atoms with Crippen LogP contribution in [0.5, 0.6) is 0 Å². The number of fused-ring (bicyclic) bond motifs is 1. The number of hydrogen-bond donors (Lipinski definition) is 5. The molecule has 1 heterocycles. The lowest BCUT2D eigenvalue weighted by Gasteiger charge is -2.15. The zero-order valence-electron chi connectivity index (χ0n) is 18.6. The van der Waals surface area contributed by atoms with Gasteiger partial charge in [0, 0.05) is 29.0 Å². The van der Waals surface area contributed by atoms with Crippen LogP contribution in [0.25, 0.3) is 11.3 Å². The number of carboxylic acids is 1. The normalized spacial score (nSPS) is 13.6. The molecule has 0 spiro atoms. The van der Waals surface area contributed by atoms with E-state index >= 15 is 0 Å². The fraction of sp³-hybridized carbons (Fsp3) is 0.0800. The highest BCUT2D eigenvalue weighted by Crippen LogP contribution is 2.38. The van der Waals surface area contributed by atoms with E-state index in [2.05, 4.69) is 10.6 Å². The third kappa shape index (κ3) is 6.07. The Morgan fingerprint density at radius 2 is 1.56 bits per heavy atom. The van der Waals surface area contributed by atoms with Gasteiger partial charge in [-0.1, -0.05) is 48.5 Å². The Hall–Kier alpha value is -4.64. The van der Waals surface area contributed by atoms with E-state index in [1.54, 1.807) is 18.2 Å². The molecular formula is C25H21F3N4O4. The highest BCUT2D eigenvalue weighted by Gasteiger charge is 2.38. The Labute approximate surface area is 203 Å². The average Bonchev–Trinajstić information content (AvgIpc) is 3.18. The van der Waals surface area contributed by atoms with Crippen molar-refractivity contribution in [3.63, 3.8) is 0 Å². The molecule has 0 bridgehead atoms. The summed E-state index contributed by atoms with van der Waals surface area (Å²) in [7, 11) is 0. The highest BCUT2D eigenvalue weighted by molar-refractivity contribution is 6.37. The highest BCUT2D eigenvalue weighted by atomic mass is 19.4. The van der Waals surface area contributed by atoms with E-state index in [1.165, 1.54) is 0 Å². The van der Waals surface area contributed by atoms with Gasteiger partial charge in [-0.15, -0.1) is 0 Å². The van der Waals surface area contributed by atoms with Crippen molar-refractivity contribution in [3.05, 3.63) is 95.1 Å². The number of nitrogens with one attached hydrogen (secondary N) is 2. The number of halogens is 3. The van der Waals surface area contributed by atoms with E-state index < -0.39 is 18.1 Å². The second-order valence-electron chi connectivity index (χ2n) is 7.52. The second-order valence-corrected chi connectivity index (χ2v) is 7.52. The van der Waals surface area contributed by atoms with Gasteiger partial charge in [0.05, 0.1) is 11.3 Å². The van der Waals surface area contributed by atoms with Crippen LogP contribution in [0.3, 0.4) is 0 Å². The van der Waals surface area contributed by atoms with E-state index in [9.17, 15) is 22.8 Å². The summed E-state index contributed by atoms with van der Waals surface area (Å²) in [5, 5.41) is 13.3. The van der Waals surface area contributed by atoms with Gasteiger partial charge in [-0.05, 0) is 35.4 Å². The summed E-state index contributed by atoms with van der Waals surface area (Å²) in [6, 6.07) is 22.3. The number of alkyl halides is 3. The first-order valence-electron chi connectivity index (χ1n) is 10.4. The lowest BCUT2D eigenvalue weighted by molar-refractivity contribution is -0.192. The van der Waals surface area contributed by atoms with E-state index in [-0.39, 0.29) is 5.91 Å². The molecule has 1 aliphatic heterocycles. The first-order chi connectivity index (χ1) is 17.0. The van der Waals surface area contributed by atoms with Crippen LogP contribution in [-0.4, -0.2) is 29.1 Å². The Morgan fingerprint density at radius 1 is 0.944 bits per heavy atom. The zero-order valence-corrected chi connectivity index (χ0v) is 18.6. The number of anilines is 2. The van der Waals surface area contributed by atoms with Gasteiger partial charge in [-0.2, -0.15) is 13.2 Å². The molecule has 11 heteroatoms. The molecule has 0 saturated heterocycles. The number of amides is 2. The third-order valence-corrected chi connectivity index (χ3v) is 5.06. The number of primary amides is 1. The van der Waals surface area contributed by atoms with Crippen molar-refractivity contribution in [1.29, 1.82) is 0 Å². The number of carbonyl (C=O) groups excluding carboxylic acids is 2. The summed E-state index contributed by atoms with van der Waals surface area (Å²) in [5.74, 6) is -3.54. The maximum absolute atomic E-state index is 12.9. The van der Waals surface area contributed by atoms with Crippen molar-refractivity contribution >= 4 is 40.4 Å². The standard InChI is InChI=1S/C23H20N4O2.C2HF3O2/c24-13-14-6-9-17(10-7-14)26-21(15-4-2-1-3-5-15)20-18-11-8-16(22(25)28)12-19(18)27-23(20)29;3-2(4,5)1(6)7/h1-12,26H,13,24H2,(H2,25,28)(H,27,29);(H,6,7). The molecular weight excluding hydrogens is 477 g/mol. The molecule has 4 rings (SSSR count). The van der Waals surface area contributed by atoms with Crippen LogP contribution in [0.4, 0.5) is 24.5 Å². The van der Waals surface area contributed by atoms with E-state index in [4.69, 9.17) is 21.4 Å². The van der Waals surface area contributed by atoms with Crippen LogP contribution in [0.1, 0.15) is 27.0 Å². The average molecular weight is 498 g/mol. The smallest absolute Gasteiger partial charge is 0.475 e. The predicted molar refractivity (Wildman–Crippen MR) is 128 cm³/mol. The number of benzene rings is 3. The summed E-state index contributed by atoms with van der Waals surface area (Å²) in [5.41, 5.74) is 16.6. The van der Waals surface area contributed by atoms with Gasteiger partial charge in [-0.3, -0.25) is 9.59 Å². The molecule has 3 aromatic rings. The van der Waals surface area contributed by atoms with Crippen LogP contribution in [-0.2, 0) is 16.1 Å². The lowest BCUT2D eigenvalue weighted by Crippen LogP contribution is -2.21. The quantitative estimate of drug-likeness (QED) is 0.338. The maximum Gasteiger partial charge on any atom is 0.490 e. The van der Waals surface area contributed by atoms with Crippen molar-refractivity contribution in [3.8, 4) is 0 Å². The molecule has 2 amide bonds. The van der Waals surface area contributed by atoms with Crippen molar-refractivity contribution < 1.29 is 32.7 Å². The summed E-state index contributed by atoms with van der Waals surface area (Å²) < 4.78 is 31.7. The molecule has 0 atom stereocenters. The van der Waals surface area contributed by atoms with Crippen LogP contribution in [0, 0.1) is 0 Å². The molecule has 0 aromatic heterocycles. The molecule has 0 fully saturated rings. The molecule has 0 unspecified atom stereocenters. The van der Waals surface area contributed by atoms with Crippen LogP contribution in [0.2, 0.25) is 0 Å². The lowest BCUT2D eigenvalue weighted by atomic mass is 9.99. The molecule has 36 heavy (non-hydrogen) atoms. The molecule has 0 saturated carbocycles. The second kappa shape index (κ2) is 10.7. The minimum atomic E-state index is -5.08. The predicted octanol–water partition coefficient (Wildman–Crippen LogP) is 3.81. The molecule has 7 N–H and O–H groups in total. The third-order valence-electron chi connectivity index (χ3n) is 5.06. The largest absolute Gasteiger partial charge is 0.490 e. The molecule has 8 nitrogen and oxygen atoms in total. The van der Waals surface area contributed by atoms with Crippen LogP contribution in [0.15, 0.2) is 72.8 Å². The Bertz CT molecular complexity index is 1320. The van der Waals surface area contributed by atoms with Gasteiger partial charge in [0.25, 0.3) is 5.91 Å². The van der Waals surface area contributed by atoms with Gasteiger partial charge in [0.2, 0.25) is 5.91 Å². The van der Waals surface area contributed by atoms with E-state index in [1.807, 2.05) is 54.6 Å². The number of aliphatic carboxylic acids is 1. The number of nitrogens with two attached hydrogens (primary N) is 2. The summed E-state index contributed by atoms with van der Waals surface area (Å²) >= 11 is 0. The van der Waals surface area contributed by atoms with Gasteiger partial charge in [0.1, 0.15) is 0 Å². The SMILES string of the molecule is NCc1ccc(NC(=C2C(=O)Nc3cc(C(N)=O)ccc32)c2ccccc2)cc1.O=C(O)C(F)(F)F. The first-order valence-corrected chi connectivity index (χ1v) is 10.4. The van der Waals surface area contributed by atoms with Gasteiger partial charge >= 0.3 is 12.1 Å². The fourth-order valence-electron chi connectivity index (χ4n) is 3.33. The van der Waals surface area contributed by atoms with Gasteiger partial charge in [-0.25, -0.2) is 4.79 Å². The number of carbonyl (C=O) groups is 3. The van der Waals surface area contributed by atoms with Gasteiger partial charge < -0.3 is 27.2 Å². The molecule has 0 radical (unpaired) electrons. The monoisotopic (exact) mass is 498 g/mol. The molecule has 3 aromatic carbocycles. The topological polar surface area (TPSA) is 148 Å². The Morgan fingerprint density at radius 3 is 2.08 bits per heavy atom. The Kier molecular flexibility index (Phi) is 7.75. The number of hydrogen-bond acceptors (Lipinski definition) is 5. The van der Waals surface area contributed by atoms with Gasteiger partial charge in [0.15, 0.2) is 0 Å². The molecule has 1 aliphatic rings. The van der Waals surface area contributed by atoms with E-state index in [0.29, 0.717) is 34.6 Å². The minimum absolute atomic E-state index is 0.244. The first kappa shape index (κ1) is 26.0. The van der Waals surface area contributed by atoms with Crippen molar-refractivity contribution in [2.24, 2.45) is 11.5 Å². The maximum atomic E-state index is 12.9. The van der Waals surface area contributed by atoms with Crippen LogP contribution < -0.4 is 22.1 Å². The summed E-state index contributed by atoms with van der Waals surface area (Å²) in [4.78, 5) is 33.3. The van der Waals surface area contributed by atoms with Crippen LogP contribution >= 0.6 is 0 Å². The molecule has 186 valence electrons. The number of carboxylic acid groups (broad SMARTS) is 1. The van der Waals surface area contributed by atoms with Crippen molar-refractivity contribution in [2.75, 3.05) is 10.6 Å². The summed E-state index contributed by atoms with van der Waals surface area (Å²) in [6.07, 6.45) is -5.08. The molecule has 0 aliphatic carbocycles. The zero-order chi connectivity index (χ0) is 26.5. The fourth-order valence-corrected chi connectivity index (χ4v) is 3.33. The van der Waals surface area contributed by atoms with E-state index in [0.717, 1.165) is 16.8 Å². The van der Waals surface area contributed by atoms with Crippen molar-refractivity contribution in [1.82, 2.24) is 0 Å². The Balaban J connectivity index is 0.000000454. The minimum Gasteiger partial charge on any atom is -0.475 e.